The van der Waals surface area contributed by atoms with Gasteiger partial charge in [-0.1, -0.05) is 44.0 Å². The Morgan fingerprint density at radius 1 is 0.778 bits per heavy atom. The number of rotatable bonds is 2. The molecule has 12 heteroatoms. The average molecular weight is 570 g/mol. The van der Waals surface area contributed by atoms with E-state index in [0.717, 1.165) is 4.90 Å². The van der Waals surface area contributed by atoms with E-state index < -0.39 is 20.1 Å². The summed E-state index contributed by atoms with van der Waals surface area (Å²) in [6.45, 7) is 11.0. The SMILES string of the molecule is CC(C)(C)S(=O)(=O)c1cc2c(=O)[nH]cnc2cc1Cl.CC(C)(C)Sc1cc2c(=O)[nH]cnc2cc1Cl. The molecule has 0 atom stereocenters. The van der Waals surface area contributed by atoms with Gasteiger partial charge >= 0.3 is 0 Å². The first-order valence-corrected chi connectivity index (χ1v) is 13.8. The average Bonchev–Trinajstić information content (AvgIpc) is 2.73. The van der Waals surface area contributed by atoms with E-state index in [1.54, 1.807) is 44.7 Å². The molecule has 0 aliphatic rings. The molecule has 0 aliphatic heterocycles. The first-order valence-electron chi connectivity index (χ1n) is 10.8. The van der Waals surface area contributed by atoms with Crippen molar-refractivity contribution in [3.8, 4) is 0 Å². The molecule has 0 spiro atoms. The number of H-pyrrole nitrogens is 2. The van der Waals surface area contributed by atoms with Crippen LogP contribution < -0.4 is 11.1 Å². The molecule has 4 rings (SSSR count). The Hall–Kier alpha value is -2.40. The summed E-state index contributed by atoms with van der Waals surface area (Å²) in [5.74, 6) is 0. The van der Waals surface area contributed by atoms with E-state index in [1.807, 2.05) is 0 Å². The molecule has 36 heavy (non-hydrogen) atoms. The fourth-order valence-corrected chi connectivity index (χ4v) is 6.06. The fourth-order valence-electron chi connectivity index (χ4n) is 3.08. The van der Waals surface area contributed by atoms with Crippen LogP contribution in [0.4, 0.5) is 0 Å². The van der Waals surface area contributed by atoms with Crippen LogP contribution in [0.2, 0.25) is 10.0 Å². The van der Waals surface area contributed by atoms with Crippen LogP contribution >= 0.6 is 35.0 Å². The highest BCUT2D eigenvalue weighted by atomic mass is 35.5. The van der Waals surface area contributed by atoms with Gasteiger partial charge in [-0.05, 0) is 45.0 Å². The van der Waals surface area contributed by atoms with Gasteiger partial charge in [0.1, 0.15) is 0 Å². The Bertz CT molecular complexity index is 1670. The van der Waals surface area contributed by atoms with Crippen molar-refractivity contribution in [2.45, 2.75) is 60.8 Å². The lowest BCUT2D eigenvalue weighted by Gasteiger charge is -2.20. The number of aromatic nitrogens is 4. The molecule has 2 heterocycles. The van der Waals surface area contributed by atoms with Gasteiger partial charge in [0.25, 0.3) is 11.1 Å². The lowest BCUT2D eigenvalue weighted by molar-refractivity contribution is 0.560. The smallest absolute Gasteiger partial charge is 0.258 e. The third-order valence-electron chi connectivity index (χ3n) is 4.90. The van der Waals surface area contributed by atoms with Crippen LogP contribution in [0.15, 0.2) is 56.3 Å². The molecular weight excluding hydrogens is 543 g/mol. The van der Waals surface area contributed by atoms with E-state index in [0.29, 0.717) is 21.4 Å². The number of thioether (sulfide) groups is 1. The van der Waals surface area contributed by atoms with Crippen molar-refractivity contribution in [2.24, 2.45) is 0 Å². The van der Waals surface area contributed by atoms with Gasteiger partial charge in [0.2, 0.25) is 0 Å². The zero-order valence-electron chi connectivity index (χ0n) is 20.6. The summed E-state index contributed by atoms with van der Waals surface area (Å²) in [5.41, 5.74) is 0.452. The molecule has 2 aromatic carbocycles. The third kappa shape index (κ3) is 6.11. The first kappa shape index (κ1) is 28.2. The summed E-state index contributed by atoms with van der Waals surface area (Å²) in [7, 11) is -3.63. The minimum Gasteiger partial charge on any atom is -0.313 e. The van der Waals surface area contributed by atoms with Crippen LogP contribution in [0.1, 0.15) is 41.5 Å². The maximum Gasteiger partial charge on any atom is 0.258 e. The van der Waals surface area contributed by atoms with Gasteiger partial charge in [0, 0.05) is 9.64 Å². The summed E-state index contributed by atoms with van der Waals surface area (Å²) in [6, 6.07) is 6.22. The monoisotopic (exact) mass is 568 g/mol. The molecule has 0 saturated heterocycles. The second kappa shape index (κ2) is 10.2. The predicted octanol–water partition coefficient (Wildman–Crippen LogP) is 5.62. The Labute approximate surface area is 222 Å². The molecule has 0 aliphatic carbocycles. The molecule has 2 aromatic heterocycles. The normalized spacial score (nSPS) is 12.4. The van der Waals surface area contributed by atoms with Gasteiger partial charge in [0.15, 0.2) is 9.84 Å². The molecule has 0 fully saturated rings. The molecule has 0 bridgehead atoms. The molecule has 192 valence electrons. The van der Waals surface area contributed by atoms with Crippen LogP contribution in [0.3, 0.4) is 0 Å². The van der Waals surface area contributed by atoms with E-state index in [4.69, 9.17) is 23.2 Å². The van der Waals surface area contributed by atoms with E-state index in [1.165, 1.54) is 24.8 Å². The second-order valence-corrected chi connectivity index (χ2v) is 15.2. The molecule has 0 radical (unpaired) electrons. The fraction of sp³-hybridized carbons (Fsp3) is 0.333. The minimum atomic E-state index is -3.63. The van der Waals surface area contributed by atoms with Crippen molar-refractivity contribution in [2.75, 3.05) is 0 Å². The van der Waals surface area contributed by atoms with E-state index in [-0.39, 0.29) is 25.6 Å². The quantitative estimate of drug-likeness (QED) is 0.300. The number of sulfone groups is 1. The number of nitrogens with one attached hydrogen (secondary N) is 2. The van der Waals surface area contributed by atoms with Gasteiger partial charge in [0.05, 0.1) is 54.1 Å². The van der Waals surface area contributed by atoms with Crippen molar-refractivity contribution in [1.82, 2.24) is 19.9 Å². The van der Waals surface area contributed by atoms with Crippen LogP contribution in [0.25, 0.3) is 21.8 Å². The van der Waals surface area contributed by atoms with E-state index in [2.05, 4.69) is 40.7 Å². The van der Waals surface area contributed by atoms with Gasteiger partial charge in [-0.3, -0.25) is 9.59 Å². The van der Waals surface area contributed by atoms with Gasteiger partial charge in [-0.15, -0.1) is 11.8 Å². The van der Waals surface area contributed by atoms with Crippen molar-refractivity contribution in [3.05, 3.63) is 67.7 Å². The van der Waals surface area contributed by atoms with Crippen LogP contribution in [0, 0.1) is 0 Å². The number of hydrogen-bond acceptors (Lipinski definition) is 7. The van der Waals surface area contributed by atoms with Gasteiger partial charge in [-0.25, -0.2) is 18.4 Å². The van der Waals surface area contributed by atoms with Crippen LogP contribution in [0.5, 0.6) is 0 Å². The molecule has 4 aromatic rings. The molecule has 2 N–H and O–H groups in total. The summed E-state index contributed by atoms with van der Waals surface area (Å²) in [6.07, 6.45) is 2.64. The second-order valence-electron chi connectivity index (χ2n) is 9.89. The van der Waals surface area contributed by atoms with Crippen molar-refractivity contribution >= 4 is 66.6 Å². The first-order chi connectivity index (χ1) is 16.5. The maximum atomic E-state index is 12.4. The molecule has 8 nitrogen and oxygen atoms in total. The van der Waals surface area contributed by atoms with Crippen molar-refractivity contribution in [3.63, 3.8) is 0 Å². The highest BCUT2D eigenvalue weighted by Gasteiger charge is 2.33. The van der Waals surface area contributed by atoms with Gasteiger partial charge in [-0.2, -0.15) is 0 Å². The van der Waals surface area contributed by atoms with Crippen molar-refractivity contribution < 1.29 is 8.42 Å². The topological polar surface area (TPSA) is 126 Å². The summed E-state index contributed by atoms with van der Waals surface area (Å²) in [4.78, 5) is 37.2. The highest BCUT2D eigenvalue weighted by Crippen LogP contribution is 2.37. The Kier molecular flexibility index (Phi) is 7.95. The van der Waals surface area contributed by atoms with Crippen molar-refractivity contribution in [1.29, 1.82) is 0 Å². The Morgan fingerprint density at radius 3 is 1.72 bits per heavy atom. The van der Waals surface area contributed by atoms with Gasteiger partial charge < -0.3 is 9.97 Å². The largest absolute Gasteiger partial charge is 0.313 e. The number of benzene rings is 2. The number of nitrogens with zero attached hydrogens (tertiary/aromatic N) is 2. The third-order valence-corrected chi connectivity index (χ3v) is 9.45. The number of halogens is 2. The number of aromatic amines is 2. The van der Waals surface area contributed by atoms with Crippen LogP contribution in [-0.2, 0) is 9.84 Å². The van der Waals surface area contributed by atoms with E-state index in [9.17, 15) is 18.0 Å². The Balaban J connectivity index is 0.000000202. The zero-order valence-corrected chi connectivity index (χ0v) is 23.7. The summed E-state index contributed by atoms with van der Waals surface area (Å²) < 4.78 is 23.9. The zero-order chi connectivity index (χ0) is 27.1. The summed E-state index contributed by atoms with van der Waals surface area (Å²) >= 11 is 13.8. The lowest BCUT2D eigenvalue weighted by Crippen LogP contribution is -2.28. The number of hydrogen-bond donors (Lipinski definition) is 2. The number of fused-ring (bicyclic) bond motifs is 2. The van der Waals surface area contributed by atoms with Crippen LogP contribution in [-0.4, -0.2) is 37.8 Å². The molecular formula is C24H26Cl2N4O4S2. The minimum absolute atomic E-state index is 0.0479. The highest BCUT2D eigenvalue weighted by molar-refractivity contribution is 8.00. The predicted molar refractivity (Wildman–Crippen MR) is 147 cm³/mol. The molecule has 0 saturated carbocycles. The lowest BCUT2D eigenvalue weighted by atomic mass is 10.2. The van der Waals surface area contributed by atoms with E-state index >= 15 is 0 Å². The summed E-state index contributed by atoms with van der Waals surface area (Å²) in [5, 5.41) is 1.48. The molecule has 0 amide bonds. The maximum absolute atomic E-state index is 12.4. The Morgan fingerprint density at radius 2 is 1.25 bits per heavy atom. The standard InChI is InChI=1S/C12H13ClN2O3S.C12H13ClN2OS/c1-12(2,3)19(17,18)10-4-7-9(5-8(10)13)14-6-15-11(7)16;1-12(2,3)17-10-4-7-9(5-8(10)13)14-6-15-11(7)16/h4-6H,1-3H3,(H,14,15,16);4-6H,1-3H3,(H,14,15,16). The molecule has 0 unspecified atom stereocenters.